The Bertz CT molecular complexity index is 639. The van der Waals surface area contributed by atoms with Gasteiger partial charge in [-0.15, -0.1) is 5.73 Å². The Hall–Kier alpha value is -2.04. The van der Waals surface area contributed by atoms with Gasteiger partial charge in [0.25, 0.3) is 0 Å². The van der Waals surface area contributed by atoms with E-state index in [1.807, 2.05) is 0 Å². The van der Waals surface area contributed by atoms with Gasteiger partial charge in [0.15, 0.2) is 0 Å². The monoisotopic (exact) mass is 274 g/mol. The van der Waals surface area contributed by atoms with Gasteiger partial charge in [0.1, 0.15) is 0 Å². The summed E-state index contributed by atoms with van der Waals surface area (Å²) in [5.41, 5.74) is 9.33. The van der Waals surface area contributed by atoms with Crippen LogP contribution in [0.1, 0.15) is 30.9 Å². The van der Waals surface area contributed by atoms with Crippen molar-refractivity contribution in [3.05, 3.63) is 88.7 Å². The van der Waals surface area contributed by atoms with Crippen LogP contribution in [0.5, 0.6) is 0 Å². The molecule has 1 saturated carbocycles. The van der Waals surface area contributed by atoms with E-state index in [1.165, 1.54) is 35.1 Å². The molecule has 0 amide bonds. The van der Waals surface area contributed by atoms with Crippen LogP contribution in [0, 0.1) is 5.92 Å². The van der Waals surface area contributed by atoms with E-state index in [0.29, 0.717) is 0 Å². The zero-order valence-corrected chi connectivity index (χ0v) is 12.7. The molecular formula is C21H22. The van der Waals surface area contributed by atoms with Crippen molar-refractivity contribution in [2.75, 3.05) is 0 Å². The second kappa shape index (κ2) is 6.61. The molecule has 0 aliphatic heterocycles. The average Bonchev–Trinajstić information content (AvgIpc) is 3.33. The number of allylic oxidation sites excluding steroid dienone is 1. The molecule has 0 N–H and O–H groups in total. The largest absolute Gasteiger partial charge is 0.122 e. The van der Waals surface area contributed by atoms with Gasteiger partial charge in [0.05, 0.1) is 0 Å². The van der Waals surface area contributed by atoms with Crippen molar-refractivity contribution < 1.29 is 0 Å². The van der Waals surface area contributed by atoms with Gasteiger partial charge in [-0.3, -0.25) is 0 Å². The first kappa shape index (κ1) is 13.9. The maximum absolute atomic E-state index is 3.71. The molecule has 0 spiro atoms. The number of rotatable bonds is 5. The third-order valence-corrected chi connectivity index (χ3v) is 3.99. The molecule has 1 aliphatic rings. The molecule has 0 bridgehead atoms. The number of hydrogen-bond donors (Lipinski definition) is 0. The van der Waals surface area contributed by atoms with Crippen molar-refractivity contribution in [1.29, 1.82) is 0 Å². The molecular weight excluding hydrogens is 252 g/mol. The third kappa shape index (κ3) is 4.21. The predicted molar refractivity (Wildman–Crippen MR) is 89.2 cm³/mol. The van der Waals surface area contributed by atoms with Crippen LogP contribution < -0.4 is 0 Å². The van der Waals surface area contributed by atoms with Gasteiger partial charge < -0.3 is 0 Å². The minimum Gasteiger partial charge on any atom is -0.122 e. The summed E-state index contributed by atoms with van der Waals surface area (Å²) in [5.74, 6) is 0.774. The fourth-order valence-electron chi connectivity index (χ4n) is 2.76. The van der Waals surface area contributed by atoms with Gasteiger partial charge in [0, 0.05) is 12.8 Å². The summed E-state index contributed by atoms with van der Waals surface area (Å²) < 4.78 is 0. The molecule has 0 heteroatoms. The summed E-state index contributed by atoms with van der Waals surface area (Å²) >= 11 is 0. The van der Waals surface area contributed by atoms with E-state index in [2.05, 4.69) is 73.3 Å². The van der Waals surface area contributed by atoms with E-state index in [-0.39, 0.29) is 0 Å². The van der Waals surface area contributed by atoms with Gasteiger partial charge in [-0.2, -0.15) is 0 Å². The van der Waals surface area contributed by atoms with Crippen LogP contribution >= 0.6 is 0 Å². The van der Waals surface area contributed by atoms with Gasteiger partial charge in [-0.25, -0.2) is 0 Å². The lowest BCUT2D eigenvalue weighted by Crippen LogP contribution is -1.93. The SMILES string of the molecule is CC(=C=C(Cc1ccccc1)C1CC1)Cc1ccccc1. The van der Waals surface area contributed by atoms with Crippen LogP contribution in [-0.2, 0) is 12.8 Å². The summed E-state index contributed by atoms with van der Waals surface area (Å²) in [6.45, 7) is 2.21. The second-order valence-corrected chi connectivity index (χ2v) is 6.03. The Kier molecular flexibility index (Phi) is 4.38. The van der Waals surface area contributed by atoms with E-state index in [1.54, 1.807) is 0 Å². The molecule has 21 heavy (non-hydrogen) atoms. The Morgan fingerprint density at radius 1 is 0.857 bits per heavy atom. The molecule has 0 atom stereocenters. The fraction of sp³-hybridized carbons (Fsp3) is 0.286. The summed E-state index contributed by atoms with van der Waals surface area (Å²) in [6.07, 6.45) is 4.74. The number of benzene rings is 2. The van der Waals surface area contributed by atoms with Crippen LogP contribution in [0.4, 0.5) is 0 Å². The summed E-state index contributed by atoms with van der Waals surface area (Å²) in [6, 6.07) is 21.5. The van der Waals surface area contributed by atoms with E-state index in [0.717, 1.165) is 18.8 Å². The summed E-state index contributed by atoms with van der Waals surface area (Å²) in [4.78, 5) is 0. The molecule has 2 aromatic carbocycles. The van der Waals surface area contributed by atoms with Crippen molar-refractivity contribution >= 4 is 0 Å². The lowest BCUT2D eigenvalue weighted by Gasteiger charge is -2.05. The molecule has 3 rings (SSSR count). The standard InChI is InChI=1S/C21H22/c1-17(14-18-8-4-2-5-9-18)15-21(20-12-13-20)16-19-10-6-3-7-11-19/h2-11,20H,12-14,16H2,1H3. The van der Waals surface area contributed by atoms with Crippen LogP contribution in [0.3, 0.4) is 0 Å². The summed E-state index contributed by atoms with van der Waals surface area (Å²) in [7, 11) is 0. The first-order valence-corrected chi connectivity index (χ1v) is 7.84. The first-order valence-electron chi connectivity index (χ1n) is 7.84. The van der Waals surface area contributed by atoms with Crippen molar-refractivity contribution in [1.82, 2.24) is 0 Å². The Morgan fingerprint density at radius 3 is 1.90 bits per heavy atom. The molecule has 106 valence electrons. The molecule has 2 aromatic rings. The maximum Gasteiger partial charge on any atom is 0.00119 e. The highest BCUT2D eigenvalue weighted by Crippen LogP contribution is 2.37. The van der Waals surface area contributed by atoms with Gasteiger partial charge >= 0.3 is 0 Å². The van der Waals surface area contributed by atoms with Crippen LogP contribution in [0.15, 0.2) is 77.5 Å². The average molecular weight is 274 g/mol. The zero-order chi connectivity index (χ0) is 14.5. The van der Waals surface area contributed by atoms with Gasteiger partial charge in [-0.05, 0) is 48.0 Å². The van der Waals surface area contributed by atoms with Crippen molar-refractivity contribution in [3.8, 4) is 0 Å². The van der Waals surface area contributed by atoms with Crippen molar-refractivity contribution in [2.24, 2.45) is 5.92 Å². The van der Waals surface area contributed by atoms with E-state index in [4.69, 9.17) is 0 Å². The molecule has 1 fully saturated rings. The first-order chi connectivity index (χ1) is 10.3. The highest BCUT2D eigenvalue weighted by molar-refractivity contribution is 5.28. The smallest absolute Gasteiger partial charge is 0.00119 e. The van der Waals surface area contributed by atoms with E-state index >= 15 is 0 Å². The lowest BCUT2D eigenvalue weighted by atomic mass is 10.00. The molecule has 0 unspecified atom stereocenters. The Labute approximate surface area is 127 Å². The predicted octanol–water partition coefficient (Wildman–Crippen LogP) is 5.35. The molecule has 0 saturated heterocycles. The zero-order valence-electron chi connectivity index (χ0n) is 12.7. The van der Waals surface area contributed by atoms with E-state index < -0.39 is 0 Å². The molecule has 0 radical (unpaired) electrons. The van der Waals surface area contributed by atoms with Gasteiger partial charge in [0.2, 0.25) is 0 Å². The molecule has 0 aromatic heterocycles. The topological polar surface area (TPSA) is 0 Å². The third-order valence-electron chi connectivity index (χ3n) is 3.99. The minimum absolute atomic E-state index is 0.774. The second-order valence-electron chi connectivity index (χ2n) is 6.03. The minimum atomic E-state index is 0.774. The van der Waals surface area contributed by atoms with Crippen molar-refractivity contribution in [3.63, 3.8) is 0 Å². The van der Waals surface area contributed by atoms with Crippen LogP contribution in [0.25, 0.3) is 0 Å². The highest BCUT2D eigenvalue weighted by atomic mass is 14.3. The van der Waals surface area contributed by atoms with E-state index in [9.17, 15) is 0 Å². The van der Waals surface area contributed by atoms with Crippen LogP contribution in [0.2, 0.25) is 0 Å². The lowest BCUT2D eigenvalue weighted by molar-refractivity contribution is 0.932. The number of hydrogen-bond acceptors (Lipinski definition) is 0. The molecule has 1 aliphatic carbocycles. The molecule has 0 nitrogen and oxygen atoms in total. The van der Waals surface area contributed by atoms with Crippen molar-refractivity contribution in [2.45, 2.75) is 32.6 Å². The van der Waals surface area contributed by atoms with Gasteiger partial charge in [-0.1, -0.05) is 60.7 Å². The maximum atomic E-state index is 3.71. The normalized spacial score (nSPS) is 13.6. The summed E-state index contributed by atoms with van der Waals surface area (Å²) in [5, 5.41) is 0. The fourth-order valence-corrected chi connectivity index (χ4v) is 2.76. The Morgan fingerprint density at radius 2 is 1.38 bits per heavy atom. The highest BCUT2D eigenvalue weighted by Gasteiger charge is 2.25. The molecule has 0 heterocycles. The Balaban J connectivity index is 1.80. The van der Waals surface area contributed by atoms with Crippen LogP contribution in [-0.4, -0.2) is 0 Å². The quantitative estimate of drug-likeness (QED) is 0.644.